The predicted octanol–water partition coefficient (Wildman–Crippen LogP) is 7.23. The zero-order valence-corrected chi connectivity index (χ0v) is 21.7. The van der Waals surface area contributed by atoms with Crippen molar-refractivity contribution in [3.05, 3.63) is 157 Å². The molecule has 5 heteroatoms. The number of imidazole rings is 2. The van der Waals surface area contributed by atoms with Gasteiger partial charge in [-0.05, 0) is 44.5 Å². The van der Waals surface area contributed by atoms with E-state index < -0.39 is 0 Å². The Hall–Kier alpha value is -4.74. The molecule has 0 bridgehead atoms. The summed E-state index contributed by atoms with van der Waals surface area (Å²) in [4.78, 5) is 8.26. The number of aromatic nitrogens is 4. The third-order valence-electron chi connectivity index (χ3n) is 6.93. The van der Waals surface area contributed by atoms with Crippen molar-refractivity contribution in [3.8, 4) is 22.3 Å². The minimum absolute atomic E-state index is 0.547. The Morgan fingerprint density at radius 2 is 0.949 bits per heavy atom. The van der Waals surface area contributed by atoms with Crippen molar-refractivity contribution in [2.75, 3.05) is 0 Å². The topological polar surface area (TPSA) is 44.9 Å². The van der Waals surface area contributed by atoms with Gasteiger partial charge in [0, 0.05) is 37.9 Å². The van der Waals surface area contributed by atoms with Gasteiger partial charge in [0.25, 0.3) is 0 Å². The van der Waals surface area contributed by atoms with Crippen LogP contribution in [0.25, 0.3) is 22.3 Å². The SMILES string of the molecule is c1ccc(-c2ccc(Cn3ccnc3)cc2)c(COCc2ccccc2-c2ccc(Cn3ccnc3)cc2)c1. The van der Waals surface area contributed by atoms with Crippen LogP contribution >= 0.6 is 0 Å². The molecule has 0 atom stereocenters. The fraction of sp³-hybridized carbons (Fsp3) is 0.118. The number of nitrogens with zero attached hydrogens (tertiary/aromatic N) is 4. The molecule has 2 heterocycles. The van der Waals surface area contributed by atoms with Crippen molar-refractivity contribution in [1.82, 2.24) is 19.1 Å². The Morgan fingerprint density at radius 1 is 0.513 bits per heavy atom. The highest BCUT2D eigenvalue weighted by Gasteiger charge is 2.09. The van der Waals surface area contributed by atoms with Crippen LogP contribution in [0.15, 0.2) is 135 Å². The molecule has 0 amide bonds. The summed E-state index contributed by atoms with van der Waals surface area (Å²) in [5.41, 5.74) is 9.65. The Balaban J connectivity index is 1.12. The molecule has 0 fully saturated rings. The largest absolute Gasteiger partial charge is 0.372 e. The van der Waals surface area contributed by atoms with Gasteiger partial charge in [-0.1, -0.05) is 97.1 Å². The van der Waals surface area contributed by atoms with Crippen LogP contribution < -0.4 is 0 Å². The number of hydrogen-bond acceptors (Lipinski definition) is 3. The molecular weight excluding hydrogens is 480 g/mol. The van der Waals surface area contributed by atoms with Gasteiger partial charge in [-0.25, -0.2) is 9.97 Å². The summed E-state index contributed by atoms with van der Waals surface area (Å²) in [5, 5.41) is 0. The van der Waals surface area contributed by atoms with Gasteiger partial charge in [0.15, 0.2) is 0 Å². The lowest BCUT2D eigenvalue weighted by Gasteiger charge is -2.14. The van der Waals surface area contributed by atoms with Crippen LogP contribution in [0.2, 0.25) is 0 Å². The molecule has 0 spiro atoms. The third kappa shape index (κ3) is 6.06. The van der Waals surface area contributed by atoms with Gasteiger partial charge in [-0.15, -0.1) is 0 Å². The van der Waals surface area contributed by atoms with E-state index in [1.165, 1.54) is 44.5 Å². The molecule has 4 aromatic carbocycles. The quantitative estimate of drug-likeness (QED) is 0.195. The lowest BCUT2D eigenvalue weighted by molar-refractivity contribution is 0.108. The fourth-order valence-electron chi connectivity index (χ4n) is 4.89. The Kier molecular flexibility index (Phi) is 7.41. The second kappa shape index (κ2) is 11.8. The van der Waals surface area contributed by atoms with E-state index >= 15 is 0 Å². The highest BCUT2D eigenvalue weighted by molar-refractivity contribution is 5.68. The van der Waals surface area contributed by atoms with Crippen LogP contribution in [0.3, 0.4) is 0 Å². The molecule has 192 valence electrons. The molecule has 0 unspecified atom stereocenters. The van der Waals surface area contributed by atoms with E-state index in [-0.39, 0.29) is 0 Å². The van der Waals surface area contributed by atoms with E-state index in [4.69, 9.17) is 4.74 Å². The van der Waals surface area contributed by atoms with Crippen molar-refractivity contribution in [1.29, 1.82) is 0 Å². The maximum Gasteiger partial charge on any atom is 0.0949 e. The van der Waals surface area contributed by atoms with Crippen LogP contribution in [0.5, 0.6) is 0 Å². The zero-order chi connectivity index (χ0) is 26.3. The summed E-state index contributed by atoms with van der Waals surface area (Å²) in [6.45, 7) is 2.73. The molecule has 5 nitrogen and oxygen atoms in total. The van der Waals surface area contributed by atoms with Crippen LogP contribution in [-0.2, 0) is 31.0 Å². The number of benzene rings is 4. The number of hydrogen-bond donors (Lipinski definition) is 0. The Morgan fingerprint density at radius 3 is 1.36 bits per heavy atom. The molecular formula is C34H30N4O. The van der Waals surface area contributed by atoms with E-state index in [0.717, 1.165) is 13.1 Å². The van der Waals surface area contributed by atoms with Gasteiger partial charge >= 0.3 is 0 Å². The first-order chi connectivity index (χ1) is 19.3. The summed E-state index contributed by atoms with van der Waals surface area (Å²) < 4.78 is 10.4. The lowest BCUT2D eigenvalue weighted by atomic mass is 9.98. The van der Waals surface area contributed by atoms with Crippen molar-refractivity contribution in [2.24, 2.45) is 0 Å². The molecule has 2 aromatic heterocycles. The van der Waals surface area contributed by atoms with Gasteiger partial charge in [-0.2, -0.15) is 0 Å². The minimum atomic E-state index is 0.547. The highest BCUT2D eigenvalue weighted by Crippen LogP contribution is 2.28. The predicted molar refractivity (Wildman–Crippen MR) is 155 cm³/mol. The standard InChI is InChI=1S/C34H30N4O/c1-3-7-33(29-13-9-27(10-14-29)21-37-19-17-35-25-37)31(5-1)23-39-24-32-6-2-4-8-34(32)30-15-11-28(12-16-30)22-38-20-18-36-26-38/h1-20,25-26H,21-24H2. The van der Waals surface area contributed by atoms with Gasteiger partial charge in [-0.3, -0.25) is 0 Å². The van der Waals surface area contributed by atoms with Crippen LogP contribution in [0.1, 0.15) is 22.3 Å². The molecule has 0 aliphatic rings. The summed E-state index contributed by atoms with van der Waals surface area (Å²) in [5.74, 6) is 0. The van der Waals surface area contributed by atoms with Crippen LogP contribution in [0.4, 0.5) is 0 Å². The lowest BCUT2D eigenvalue weighted by Crippen LogP contribution is -1.99. The molecule has 6 rings (SSSR count). The highest BCUT2D eigenvalue weighted by atomic mass is 16.5. The first-order valence-electron chi connectivity index (χ1n) is 13.2. The molecule has 0 radical (unpaired) electrons. The Bertz CT molecular complexity index is 1480. The van der Waals surface area contributed by atoms with Gasteiger partial charge in [0.2, 0.25) is 0 Å². The monoisotopic (exact) mass is 510 g/mol. The minimum Gasteiger partial charge on any atom is -0.372 e. The molecule has 0 saturated heterocycles. The first kappa shape index (κ1) is 24.6. The van der Waals surface area contributed by atoms with Crippen molar-refractivity contribution >= 4 is 0 Å². The van der Waals surface area contributed by atoms with Gasteiger partial charge in [0.1, 0.15) is 0 Å². The number of rotatable bonds is 10. The van der Waals surface area contributed by atoms with Crippen molar-refractivity contribution < 1.29 is 4.74 Å². The fourth-order valence-corrected chi connectivity index (χ4v) is 4.89. The van der Waals surface area contributed by atoms with E-state index in [2.05, 4.69) is 116 Å². The van der Waals surface area contributed by atoms with E-state index in [9.17, 15) is 0 Å². The van der Waals surface area contributed by atoms with E-state index in [1.807, 2.05) is 37.4 Å². The second-order valence-corrected chi connectivity index (χ2v) is 9.67. The number of ether oxygens (including phenoxy) is 1. The zero-order valence-electron chi connectivity index (χ0n) is 21.7. The second-order valence-electron chi connectivity index (χ2n) is 9.67. The normalized spacial score (nSPS) is 11.1. The summed E-state index contributed by atoms with van der Waals surface area (Å²) in [6.07, 6.45) is 11.3. The molecule has 6 aromatic rings. The summed E-state index contributed by atoms with van der Waals surface area (Å²) in [6, 6.07) is 34.5. The maximum absolute atomic E-state index is 6.30. The van der Waals surface area contributed by atoms with Gasteiger partial charge in [0.05, 0.1) is 25.9 Å². The summed E-state index contributed by atoms with van der Waals surface area (Å²) >= 11 is 0. The molecule has 0 aliphatic carbocycles. The summed E-state index contributed by atoms with van der Waals surface area (Å²) in [7, 11) is 0. The van der Waals surface area contributed by atoms with Crippen LogP contribution in [-0.4, -0.2) is 19.1 Å². The average molecular weight is 511 g/mol. The van der Waals surface area contributed by atoms with Crippen molar-refractivity contribution in [2.45, 2.75) is 26.3 Å². The maximum atomic E-state index is 6.30. The molecule has 39 heavy (non-hydrogen) atoms. The van der Waals surface area contributed by atoms with Crippen LogP contribution in [0, 0.1) is 0 Å². The van der Waals surface area contributed by atoms with E-state index in [0.29, 0.717) is 13.2 Å². The average Bonchev–Trinajstić information content (AvgIpc) is 3.70. The molecule has 0 saturated carbocycles. The Labute approximate surface area is 229 Å². The molecule has 0 aliphatic heterocycles. The van der Waals surface area contributed by atoms with Gasteiger partial charge < -0.3 is 13.9 Å². The van der Waals surface area contributed by atoms with E-state index in [1.54, 1.807) is 0 Å². The van der Waals surface area contributed by atoms with Crippen molar-refractivity contribution in [3.63, 3.8) is 0 Å². The smallest absolute Gasteiger partial charge is 0.0949 e. The molecule has 0 N–H and O–H groups in total. The first-order valence-corrected chi connectivity index (χ1v) is 13.2. The third-order valence-corrected chi connectivity index (χ3v) is 6.93.